The molecule has 0 amide bonds. The molecule has 1 heterocycles. The zero-order valence-electron chi connectivity index (χ0n) is 11.7. The van der Waals surface area contributed by atoms with Crippen molar-refractivity contribution in [1.82, 2.24) is 9.97 Å². The zero-order valence-corrected chi connectivity index (χ0v) is 12.5. The Kier molecular flexibility index (Phi) is 4.06. The van der Waals surface area contributed by atoms with Crippen molar-refractivity contribution in [2.24, 2.45) is 0 Å². The van der Waals surface area contributed by atoms with E-state index in [9.17, 15) is 4.39 Å². The molecule has 1 aliphatic rings. The fourth-order valence-electron chi connectivity index (χ4n) is 2.77. The van der Waals surface area contributed by atoms with Crippen LogP contribution in [0.1, 0.15) is 41.9 Å². The highest BCUT2D eigenvalue weighted by molar-refractivity contribution is 6.31. The quantitative estimate of drug-likeness (QED) is 0.861. The normalized spacial score (nSPS) is 14.6. The first kappa shape index (κ1) is 14.3. The van der Waals surface area contributed by atoms with Gasteiger partial charge in [0.05, 0.1) is 0 Å². The van der Waals surface area contributed by atoms with E-state index in [1.165, 1.54) is 18.6 Å². The van der Waals surface area contributed by atoms with Crippen molar-refractivity contribution >= 4 is 17.4 Å². The minimum Gasteiger partial charge on any atom is -0.383 e. The molecule has 0 saturated heterocycles. The maximum Gasteiger partial charge on any atom is 0.135 e. The standard InChI is InChI=1S/C16H17ClFN3/c17-13-9-11(18)7-6-10(13)8-15-20-14-5-3-1-2-4-12(14)16(19)21-15/h6-7,9H,1-5,8H2,(H2,19,20,21). The average Bonchev–Trinajstić information content (AvgIpc) is 2.68. The Morgan fingerprint density at radius 3 is 2.76 bits per heavy atom. The molecule has 110 valence electrons. The Morgan fingerprint density at radius 1 is 1.14 bits per heavy atom. The molecule has 0 atom stereocenters. The van der Waals surface area contributed by atoms with E-state index in [1.54, 1.807) is 6.07 Å². The average molecular weight is 306 g/mol. The molecule has 0 radical (unpaired) electrons. The highest BCUT2D eigenvalue weighted by atomic mass is 35.5. The summed E-state index contributed by atoms with van der Waals surface area (Å²) in [6, 6.07) is 4.38. The van der Waals surface area contributed by atoms with E-state index in [-0.39, 0.29) is 5.82 Å². The van der Waals surface area contributed by atoms with Crippen LogP contribution >= 0.6 is 11.6 Å². The first-order valence-corrected chi connectivity index (χ1v) is 7.59. The maximum atomic E-state index is 13.1. The van der Waals surface area contributed by atoms with Crippen LogP contribution < -0.4 is 5.73 Å². The number of nitrogen functional groups attached to an aromatic ring is 1. The Hall–Kier alpha value is -1.68. The van der Waals surface area contributed by atoms with Crippen LogP contribution in [0.5, 0.6) is 0 Å². The molecule has 0 saturated carbocycles. The molecule has 2 N–H and O–H groups in total. The number of hydrogen-bond donors (Lipinski definition) is 1. The van der Waals surface area contributed by atoms with E-state index < -0.39 is 0 Å². The second-order valence-corrected chi connectivity index (χ2v) is 5.83. The number of aromatic nitrogens is 2. The summed E-state index contributed by atoms with van der Waals surface area (Å²) < 4.78 is 13.1. The minimum absolute atomic E-state index is 0.342. The van der Waals surface area contributed by atoms with Crippen molar-refractivity contribution in [1.29, 1.82) is 0 Å². The minimum atomic E-state index is -0.342. The molecule has 1 aromatic carbocycles. The van der Waals surface area contributed by atoms with E-state index in [1.807, 2.05) is 0 Å². The summed E-state index contributed by atoms with van der Waals surface area (Å²) in [4.78, 5) is 9.05. The predicted octanol–water partition coefficient (Wildman–Crippen LogP) is 3.71. The van der Waals surface area contributed by atoms with Gasteiger partial charge >= 0.3 is 0 Å². The number of nitrogens with zero attached hydrogens (tertiary/aromatic N) is 2. The van der Waals surface area contributed by atoms with Gasteiger partial charge in [0.2, 0.25) is 0 Å². The van der Waals surface area contributed by atoms with Gasteiger partial charge in [-0.15, -0.1) is 0 Å². The molecular weight excluding hydrogens is 289 g/mol. The van der Waals surface area contributed by atoms with E-state index in [4.69, 9.17) is 17.3 Å². The van der Waals surface area contributed by atoms with Gasteiger partial charge in [0.1, 0.15) is 17.5 Å². The topological polar surface area (TPSA) is 51.8 Å². The Morgan fingerprint density at radius 2 is 1.95 bits per heavy atom. The lowest BCUT2D eigenvalue weighted by Crippen LogP contribution is -2.09. The van der Waals surface area contributed by atoms with Crippen LogP contribution in [0.15, 0.2) is 18.2 Å². The number of fused-ring (bicyclic) bond motifs is 1. The SMILES string of the molecule is Nc1nc(Cc2ccc(F)cc2Cl)nc2c1CCCCC2. The van der Waals surface area contributed by atoms with Gasteiger partial charge in [0.25, 0.3) is 0 Å². The van der Waals surface area contributed by atoms with Gasteiger partial charge in [-0.25, -0.2) is 14.4 Å². The Labute approximate surface area is 128 Å². The van der Waals surface area contributed by atoms with Crippen LogP contribution in [0.25, 0.3) is 0 Å². The molecule has 0 fully saturated rings. The van der Waals surface area contributed by atoms with Crippen molar-refractivity contribution in [2.45, 2.75) is 38.5 Å². The first-order chi connectivity index (χ1) is 10.1. The second kappa shape index (κ2) is 5.98. The van der Waals surface area contributed by atoms with Crippen molar-refractivity contribution in [3.63, 3.8) is 0 Å². The summed E-state index contributed by atoms with van der Waals surface area (Å²) in [7, 11) is 0. The predicted molar refractivity (Wildman–Crippen MR) is 81.9 cm³/mol. The molecule has 3 nitrogen and oxygen atoms in total. The van der Waals surface area contributed by atoms with Gasteiger partial charge in [0.15, 0.2) is 0 Å². The molecule has 1 aromatic heterocycles. The van der Waals surface area contributed by atoms with Crippen LogP contribution in [0.4, 0.5) is 10.2 Å². The zero-order chi connectivity index (χ0) is 14.8. The molecule has 0 spiro atoms. The molecule has 0 unspecified atom stereocenters. The largest absolute Gasteiger partial charge is 0.383 e. The van der Waals surface area contributed by atoms with Crippen LogP contribution in [0, 0.1) is 5.82 Å². The Balaban J connectivity index is 1.92. The number of nitrogens with two attached hydrogens (primary N) is 1. The molecule has 3 rings (SSSR count). The summed E-state index contributed by atoms with van der Waals surface area (Å²) in [6.45, 7) is 0. The van der Waals surface area contributed by atoms with Gasteiger partial charge < -0.3 is 5.73 Å². The highest BCUT2D eigenvalue weighted by Gasteiger charge is 2.15. The first-order valence-electron chi connectivity index (χ1n) is 7.21. The van der Waals surface area contributed by atoms with Gasteiger partial charge in [0, 0.05) is 22.7 Å². The molecule has 5 heteroatoms. The molecule has 0 bridgehead atoms. The van der Waals surface area contributed by atoms with Crippen molar-refractivity contribution in [3.05, 3.63) is 51.7 Å². The van der Waals surface area contributed by atoms with Crippen molar-refractivity contribution in [2.75, 3.05) is 5.73 Å². The number of halogens is 2. The van der Waals surface area contributed by atoms with Gasteiger partial charge in [-0.1, -0.05) is 24.1 Å². The Bertz CT molecular complexity index is 673. The van der Waals surface area contributed by atoms with Gasteiger partial charge in [-0.05, 0) is 43.4 Å². The van der Waals surface area contributed by atoms with E-state index >= 15 is 0 Å². The van der Waals surface area contributed by atoms with E-state index in [0.29, 0.717) is 23.1 Å². The highest BCUT2D eigenvalue weighted by Crippen LogP contribution is 2.25. The van der Waals surface area contributed by atoms with Crippen LogP contribution in [-0.2, 0) is 19.3 Å². The van der Waals surface area contributed by atoms with Crippen molar-refractivity contribution < 1.29 is 4.39 Å². The smallest absolute Gasteiger partial charge is 0.135 e. The lowest BCUT2D eigenvalue weighted by atomic mass is 10.1. The number of aryl methyl sites for hydroxylation is 1. The van der Waals surface area contributed by atoms with Gasteiger partial charge in [-0.3, -0.25) is 0 Å². The molecular formula is C16H17ClFN3. The summed E-state index contributed by atoms with van der Waals surface area (Å²) >= 11 is 6.06. The summed E-state index contributed by atoms with van der Waals surface area (Å²) in [5.74, 6) is 0.892. The van der Waals surface area contributed by atoms with Crippen LogP contribution in [0.2, 0.25) is 5.02 Å². The monoisotopic (exact) mass is 305 g/mol. The lowest BCUT2D eigenvalue weighted by Gasteiger charge is -2.11. The molecule has 0 aliphatic heterocycles. The molecule has 1 aliphatic carbocycles. The third kappa shape index (κ3) is 3.16. The van der Waals surface area contributed by atoms with Crippen LogP contribution in [0.3, 0.4) is 0 Å². The lowest BCUT2D eigenvalue weighted by molar-refractivity contribution is 0.627. The summed E-state index contributed by atoms with van der Waals surface area (Å²) in [5, 5.41) is 0.395. The summed E-state index contributed by atoms with van der Waals surface area (Å²) in [5.41, 5.74) is 9.06. The van der Waals surface area contributed by atoms with E-state index in [2.05, 4.69) is 9.97 Å². The van der Waals surface area contributed by atoms with Gasteiger partial charge in [-0.2, -0.15) is 0 Å². The third-order valence-corrected chi connectivity index (χ3v) is 4.23. The van der Waals surface area contributed by atoms with Crippen molar-refractivity contribution in [3.8, 4) is 0 Å². The number of rotatable bonds is 2. The number of hydrogen-bond acceptors (Lipinski definition) is 3. The van der Waals surface area contributed by atoms with Crippen LogP contribution in [-0.4, -0.2) is 9.97 Å². The third-order valence-electron chi connectivity index (χ3n) is 3.88. The summed E-state index contributed by atoms with van der Waals surface area (Å²) in [6.07, 6.45) is 5.86. The second-order valence-electron chi connectivity index (χ2n) is 5.42. The molecule has 2 aromatic rings. The fraction of sp³-hybridized carbons (Fsp3) is 0.375. The number of benzene rings is 1. The maximum absolute atomic E-state index is 13.1. The molecule has 21 heavy (non-hydrogen) atoms. The fourth-order valence-corrected chi connectivity index (χ4v) is 3.00. The van der Waals surface area contributed by atoms with E-state index in [0.717, 1.165) is 42.5 Å². The number of anilines is 1.